The molecule has 0 aromatic rings. The molecule has 0 aliphatic rings. The van der Waals surface area contributed by atoms with Gasteiger partial charge in [0.25, 0.3) is 0 Å². The van der Waals surface area contributed by atoms with Gasteiger partial charge >= 0.3 is 17.9 Å². The summed E-state index contributed by atoms with van der Waals surface area (Å²) in [6, 6.07) is 0. The Labute approximate surface area is 457 Å². The van der Waals surface area contributed by atoms with Crippen molar-refractivity contribution in [2.45, 2.75) is 290 Å². The van der Waals surface area contributed by atoms with Crippen LogP contribution in [0.2, 0.25) is 0 Å². The summed E-state index contributed by atoms with van der Waals surface area (Å²) in [5, 5.41) is 0. The van der Waals surface area contributed by atoms with E-state index in [0.717, 1.165) is 141 Å². The quantitative estimate of drug-likeness (QED) is 0.0261. The fourth-order valence-corrected chi connectivity index (χ4v) is 8.35. The van der Waals surface area contributed by atoms with Crippen molar-refractivity contribution in [3.63, 3.8) is 0 Å². The lowest BCUT2D eigenvalue weighted by Gasteiger charge is -2.18. The van der Waals surface area contributed by atoms with E-state index in [2.05, 4.69) is 130 Å². The van der Waals surface area contributed by atoms with Crippen LogP contribution in [0.5, 0.6) is 0 Å². The van der Waals surface area contributed by atoms with Gasteiger partial charge in [-0.2, -0.15) is 0 Å². The third-order valence-electron chi connectivity index (χ3n) is 13.0. The number of rotatable bonds is 55. The molecule has 6 nitrogen and oxygen atoms in total. The molecule has 74 heavy (non-hydrogen) atoms. The third-order valence-corrected chi connectivity index (χ3v) is 13.0. The Morgan fingerprint density at radius 2 is 0.527 bits per heavy atom. The molecule has 0 aromatic carbocycles. The van der Waals surface area contributed by atoms with Crippen molar-refractivity contribution in [1.82, 2.24) is 0 Å². The summed E-state index contributed by atoms with van der Waals surface area (Å²) in [5.74, 6) is -0.924. The number of carbonyl (C=O) groups excluding carboxylic acids is 3. The van der Waals surface area contributed by atoms with Crippen molar-refractivity contribution in [1.29, 1.82) is 0 Å². The number of hydrogen-bond donors (Lipinski definition) is 0. The van der Waals surface area contributed by atoms with Crippen LogP contribution in [0.25, 0.3) is 0 Å². The highest BCUT2D eigenvalue weighted by Gasteiger charge is 2.19. The number of allylic oxidation sites excluding steroid dienone is 18. The lowest BCUT2D eigenvalue weighted by Crippen LogP contribution is -2.30. The van der Waals surface area contributed by atoms with Crippen LogP contribution in [0, 0.1) is 0 Å². The van der Waals surface area contributed by atoms with Crippen molar-refractivity contribution in [3.8, 4) is 0 Å². The Kier molecular flexibility index (Phi) is 58.3. The van der Waals surface area contributed by atoms with Crippen LogP contribution in [0.15, 0.2) is 109 Å². The fourth-order valence-electron chi connectivity index (χ4n) is 8.35. The Morgan fingerprint density at radius 3 is 0.838 bits per heavy atom. The highest BCUT2D eigenvalue weighted by Crippen LogP contribution is 2.14. The van der Waals surface area contributed by atoms with Gasteiger partial charge in [-0.25, -0.2) is 0 Å². The molecule has 6 heteroatoms. The van der Waals surface area contributed by atoms with Crippen LogP contribution >= 0.6 is 0 Å². The van der Waals surface area contributed by atoms with Crippen LogP contribution < -0.4 is 0 Å². The number of esters is 3. The van der Waals surface area contributed by atoms with Gasteiger partial charge in [-0.1, -0.05) is 246 Å². The van der Waals surface area contributed by atoms with E-state index in [-0.39, 0.29) is 31.1 Å². The lowest BCUT2D eigenvalue weighted by molar-refractivity contribution is -0.167. The molecular weight excluding hydrogens is 913 g/mol. The smallest absolute Gasteiger partial charge is 0.306 e. The van der Waals surface area contributed by atoms with Gasteiger partial charge in [0.2, 0.25) is 0 Å². The first kappa shape index (κ1) is 70.1. The van der Waals surface area contributed by atoms with E-state index in [1.54, 1.807) is 0 Å². The minimum atomic E-state index is -0.796. The van der Waals surface area contributed by atoms with Gasteiger partial charge in [-0.05, 0) is 128 Å². The Morgan fingerprint density at radius 1 is 0.284 bits per heavy atom. The second-order valence-corrected chi connectivity index (χ2v) is 20.2. The molecule has 0 heterocycles. The van der Waals surface area contributed by atoms with Crippen LogP contribution in [0.4, 0.5) is 0 Å². The SMILES string of the molecule is CC/C=C\C/C=C\C/C=C\C/C=C\C/C=C\C/C=C\C/C=C\CCCCCCCC(=O)OCC(COC(=O)CCCCCCC/C=C\CCCCCCC)OC(=O)CCCCCCC/C=C\CCCCCCCC. The molecule has 0 radical (unpaired) electrons. The molecule has 0 bridgehead atoms. The average Bonchev–Trinajstić information content (AvgIpc) is 3.40. The molecule has 1 unspecified atom stereocenters. The van der Waals surface area contributed by atoms with Gasteiger partial charge in [0.15, 0.2) is 6.10 Å². The summed E-state index contributed by atoms with van der Waals surface area (Å²) in [5.41, 5.74) is 0. The van der Waals surface area contributed by atoms with E-state index >= 15 is 0 Å². The molecule has 0 rings (SSSR count). The maximum Gasteiger partial charge on any atom is 0.306 e. The molecular formula is C68H114O6. The zero-order valence-electron chi connectivity index (χ0n) is 48.3. The summed E-state index contributed by atoms with van der Waals surface area (Å²) >= 11 is 0. The number of unbranched alkanes of at least 4 members (excludes halogenated alkanes) is 26. The first-order valence-electron chi connectivity index (χ1n) is 30.9. The summed E-state index contributed by atoms with van der Waals surface area (Å²) < 4.78 is 16.9. The molecule has 0 fully saturated rings. The molecule has 0 spiro atoms. The van der Waals surface area contributed by atoms with E-state index < -0.39 is 6.10 Å². The van der Waals surface area contributed by atoms with Crippen molar-refractivity contribution in [2.75, 3.05) is 13.2 Å². The van der Waals surface area contributed by atoms with E-state index in [4.69, 9.17) is 14.2 Å². The van der Waals surface area contributed by atoms with E-state index in [9.17, 15) is 14.4 Å². The fraction of sp³-hybridized carbons (Fsp3) is 0.691. The second kappa shape index (κ2) is 61.6. The maximum absolute atomic E-state index is 12.9. The summed E-state index contributed by atoms with van der Waals surface area (Å²) in [7, 11) is 0. The largest absolute Gasteiger partial charge is 0.462 e. The molecule has 1 atom stereocenters. The molecule has 0 N–H and O–H groups in total. The van der Waals surface area contributed by atoms with Gasteiger partial charge in [0.1, 0.15) is 13.2 Å². The molecule has 0 aromatic heterocycles. The Bertz CT molecular complexity index is 1510. The van der Waals surface area contributed by atoms with Gasteiger partial charge in [0, 0.05) is 19.3 Å². The number of hydrogen-bond acceptors (Lipinski definition) is 6. The summed E-state index contributed by atoms with van der Waals surface area (Å²) in [4.78, 5) is 38.2. The van der Waals surface area contributed by atoms with E-state index in [0.29, 0.717) is 19.3 Å². The molecule has 0 saturated heterocycles. The van der Waals surface area contributed by atoms with Crippen molar-refractivity contribution >= 4 is 17.9 Å². The lowest BCUT2D eigenvalue weighted by atomic mass is 10.1. The topological polar surface area (TPSA) is 78.9 Å². The van der Waals surface area contributed by atoms with Gasteiger partial charge in [0.05, 0.1) is 0 Å². The zero-order valence-corrected chi connectivity index (χ0v) is 48.3. The first-order chi connectivity index (χ1) is 36.5. The van der Waals surface area contributed by atoms with Gasteiger partial charge in [-0.15, -0.1) is 0 Å². The van der Waals surface area contributed by atoms with Crippen molar-refractivity contribution < 1.29 is 28.6 Å². The minimum Gasteiger partial charge on any atom is -0.462 e. The van der Waals surface area contributed by atoms with Gasteiger partial charge in [-0.3, -0.25) is 14.4 Å². The van der Waals surface area contributed by atoms with E-state index in [1.165, 1.54) is 103 Å². The summed E-state index contributed by atoms with van der Waals surface area (Å²) in [6.45, 7) is 6.49. The first-order valence-corrected chi connectivity index (χ1v) is 30.9. The standard InChI is InChI=1S/C68H114O6/c1-4-7-10-13-16-19-22-25-28-29-30-31-32-33-34-35-36-37-38-39-41-43-46-49-52-55-58-61-67(70)73-64-65(63-72-66(69)60-57-54-51-48-45-42-27-24-21-18-15-12-9-6-3)74-68(71)62-59-56-53-50-47-44-40-26-23-20-17-14-11-8-5-2/h7,10,16,19,24-28,30-31,33-34,36-37,39-41,65H,4-6,8-9,11-15,17-18,20-23,29,32,35,38,42-64H2,1-3H3/b10-7-,19-16-,27-24-,28-25-,31-30-,34-33-,37-36-,40-26-,41-39-. The van der Waals surface area contributed by atoms with Gasteiger partial charge < -0.3 is 14.2 Å². The summed E-state index contributed by atoms with van der Waals surface area (Å²) in [6.07, 6.45) is 83.7. The molecule has 0 saturated carbocycles. The minimum absolute atomic E-state index is 0.0923. The molecule has 0 aliphatic carbocycles. The van der Waals surface area contributed by atoms with E-state index in [1.807, 2.05) is 0 Å². The number of carbonyl (C=O) groups is 3. The van der Waals surface area contributed by atoms with Crippen LogP contribution in [-0.4, -0.2) is 37.2 Å². The normalized spacial score (nSPS) is 12.9. The van der Waals surface area contributed by atoms with Crippen LogP contribution in [0.1, 0.15) is 284 Å². The zero-order chi connectivity index (χ0) is 53.6. The highest BCUT2D eigenvalue weighted by molar-refractivity contribution is 5.71. The molecule has 0 amide bonds. The highest BCUT2D eigenvalue weighted by atomic mass is 16.6. The maximum atomic E-state index is 12.9. The molecule has 0 aliphatic heterocycles. The predicted molar refractivity (Wildman–Crippen MR) is 320 cm³/mol. The van der Waals surface area contributed by atoms with Crippen molar-refractivity contribution in [2.24, 2.45) is 0 Å². The predicted octanol–water partition coefficient (Wildman–Crippen LogP) is 21.0. The second-order valence-electron chi connectivity index (χ2n) is 20.2. The Balaban J connectivity index is 4.39. The Hall–Kier alpha value is -3.93. The van der Waals surface area contributed by atoms with Crippen LogP contribution in [0.3, 0.4) is 0 Å². The monoisotopic (exact) mass is 1030 g/mol. The third kappa shape index (κ3) is 59.0. The number of ether oxygens (including phenoxy) is 3. The molecule has 422 valence electrons. The average molecular weight is 1030 g/mol. The van der Waals surface area contributed by atoms with Crippen LogP contribution in [-0.2, 0) is 28.6 Å². The van der Waals surface area contributed by atoms with Crippen molar-refractivity contribution in [3.05, 3.63) is 109 Å².